The standard InChI is InChI=1S/C15H28O2/c1-16-15(17-2)11-10-13-8-5-9-14(13)12-6-3-4-7-12/h12-15H,3-11H2,1-2H3. The fraction of sp³-hybridized carbons (Fsp3) is 1.00. The largest absolute Gasteiger partial charge is 0.356 e. The predicted molar refractivity (Wildman–Crippen MR) is 69.8 cm³/mol. The summed E-state index contributed by atoms with van der Waals surface area (Å²) in [6, 6.07) is 0. The molecule has 0 aromatic carbocycles. The van der Waals surface area contributed by atoms with E-state index in [0.717, 1.165) is 24.2 Å². The van der Waals surface area contributed by atoms with Gasteiger partial charge < -0.3 is 9.47 Å². The molecule has 0 heterocycles. The molecule has 0 amide bonds. The SMILES string of the molecule is COC(CCC1CCCC1C1CCCC1)OC. The van der Waals surface area contributed by atoms with Crippen molar-refractivity contribution >= 4 is 0 Å². The summed E-state index contributed by atoms with van der Waals surface area (Å²) < 4.78 is 10.6. The van der Waals surface area contributed by atoms with E-state index in [1.807, 2.05) is 0 Å². The van der Waals surface area contributed by atoms with Crippen molar-refractivity contribution in [3.8, 4) is 0 Å². The van der Waals surface area contributed by atoms with Crippen molar-refractivity contribution in [3.63, 3.8) is 0 Å². The Bertz CT molecular complexity index is 207. The van der Waals surface area contributed by atoms with Gasteiger partial charge in [-0.2, -0.15) is 0 Å². The van der Waals surface area contributed by atoms with Crippen LogP contribution in [0.3, 0.4) is 0 Å². The molecule has 0 saturated heterocycles. The fourth-order valence-corrected chi connectivity index (χ4v) is 4.11. The first-order valence-corrected chi connectivity index (χ1v) is 7.40. The second-order valence-electron chi connectivity index (χ2n) is 5.88. The molecule has 0 bridgehead atoms. The Balaban J connectivity index is 1.78. The molecular weight excluding hydrogens is 212 g/mol. The van der Waals surface area contributed by atoms with E-state index in [-0.39, 0.29) is 6.29 Å². The van der Waals surface area contributed by atoms with E-state index in [1.165, 1.54) is 51.4 Å². The Hall–Kier alpha value is -0.0800. The summed E-state index contributed by atoms with van der Waals surface area (Å²) in [5, 5.41) is 0. The van der Waals surface area contributed by atoms with Crippen LogP contribution in [0.1, 0.15) is 57.8 Å². The third-order valence-corrected chi connectivity index (χ3v) is 5.02. The van der Waals surface area contributed by atoms with Gasteiger partial charge >= 0.3 is 0 Å². The lowest BCUT2D eigenvalue weighted by Crippen LogP contribution is -2.20. The Morgan fingerprint density at radius 1 is 0.941 bits per heavy atom. The summed E-state index contributed by atoms with van der Waals surface area (Å²) in [5.74, 6) is 3.02. The van der Waals surface area contributed by atoms with Crippen LogP contribution < -0.4 is 0 Å². The number of methoxy groups -OCH3 is 2. The smallest absolute Gasteiger partial charge is 0.156 e. The average Bonchev–Trinajstić information content (AvgIpc) is 3.00. The summed E-state index contributed by atoms with van der Waals surface area (Å²) in [6.45, 7) is 0. The second kappa shape index (κ2) is 6.75. The maximum Gasteiger partial charge on any atom is 0.156 e. The average molecular weight is 240 g/mol. The van der Waals surface area contributed by atoms with Crippen molar-refractivity contribution in [2.75, 3.05) is 14.2 Å². The van der Waals surface area contributed by atoms with Crippen LogP contribution in [0, 0.1) is 17.8 Å². The van der Waals surface area contributed by atoms with E-state index in [4.69, 9.17) is 9.47 Å². The lowest BCUT2D eigenvalue weighted by Gasteiger charge is -2.26. The molecule has 2 aliphatic carbocycles. The number of ether oxygens (including phenoxy) is 2. The molecule has 2 aliphatic rings. The first-order valence-electron chi connectivity index (χ1n) is 7.40. The molecule has 2 nitrogen and oxygen atoms in total. The monoisotopic (exact) mass is 240 g/mol. The van der Waals surface area contributed by atoms with Crippen molar-refractivity contribution in [2.45, 2.75) is 64.1 Å². The van der Waals surface area contributed by atoms with Gasteiger partial charge in [-0.25, -0.2) is 0 Å². The zero-order chi connectivity index (χ0) is 12.1. The Kier molecular flexibility index (Phi) is 5.30. The number of hydrogen-bond acceptors (Lipinski definition) is 2. The highest BCUT2D eigenvalue weighted by molar-refractivity contribution is 4.85. The van der Waals surface area contributed by atoms with Gasteiger partial charge in [0.1, 0.15) is 0 Å². The highest BCUT2D eigenvalue weighted by Crippen LogP contribution is 2.45. The zero-order valence-corrected chi connectivity index (χ0v) is 11.5. The minimum atomic E-state index is 0.0137. The fourth-order valence-electron chi connectivity index (χ4n) is 4.11. The minimum Gasteiger partial charge on any atom is -0.356 e. The van der Waals surface area contributed by atoms with Crippen LogP contribution in [0.25, 0.3) is 0 Å². The van der Waals surface area contributed by atoms with Crippen molar-refractivity contribution in [2.24, 2.45) is 17.8 Å². The quantitative estimate of drug-likeness (QED) is 0.653. The first-order chi connectivity index (χ1) is 8.35. The van der Waals surface area contributed by atoms with Crippen LogP contribution in [-0.4, -0.2) is 20.5 Å². The third kappa shape index (κ3) is 3.45. The molecule has 2 rings (SSSR count). The molecule has 0 aliphatic heterocycles. The van der Waals surface area contributed by atoms with Crippen molar-refractivity contribution in [1.82, 2.24) is 0 Å². The van der Waals surface area contributed by atoms with Gasteiger partial charge in [-0.15, -0.1) is 0 Å². The molecule has 2 fully saturated rings. The van der Waals surface area contributed by atoms with Crippen LogP contribution in [0.15, 0.2) is 0 Å². The normalized spacial score (nSPS) is 30.5. The van der Waals surface area contributed by atoms with Gasteiger partial charge in [-0.1, -0.05) is 38.5 Å². The van der Waals surface area contributed by atoms with Gasteiger partial charge in [0.25, 0.3) is 0 Å². The summed E-state index contributed by atoms with van der Waals surface area (Å²) in [6.07, 6.45) is 12.7. The zero-order valence-electron chi connectivity index (χ0n) is 11.5. The molecule has 2 unspecified atom stereocenters. The lowest BCUT2D eigenvalue weighted by atomic mass is 9.81. The Labute approximate surface area is 106 Å². The number of rotatable bonds is 6. The Morgan fingerprint density at radius 2 is 1.65 bits per heavy atom. The molecule has 100 valence electrons. The summed E-state index contributed by atoms with van der Waals surface area (Å²) in [4.78, 5) is 0. The van der Waals surface area contributed by atoms with Crippen LogP contribution in [0.5, 0.6) is 0 Å². The van der Waals surface area contributed by atoms with Gasteiger partial charge in [-0.3, -0.25) is 0 Å². The third-order valence-electron chi connectivity index (χ3n) is 5.02. The lowest BCUT2D eigenvalue weighted by molar-refractivity contribution is -0.109. The maximum atomic E-state index is 5.30. The molecule has 2 heteroatoms. The van der Waals surface area contributed by atoms with E-state index in [9.17, 15) is 0 Å². The highest BCUT2D eigenvalue weighted by Gasteiger charge is 2.34. The summed E-state index contributed by atoms with van der Waals surface area (Å²) in [7, 11) is 3.49. The van der Waals surface area contributed by atoms with E-state index in [0.29, 0.717) is 0 Å². The predicted octanol–water partition coefficient (Wildman–Crippen LogP) is 3.99. The maximum absolute atomic E-state index is 5.30. The van der Waals surface area contributed by atoms with E-state index in [1.54, 1.807) is 14.2 Å². The molecule has 2 saturated carbocycles. The van der Waals surface area contributed by atoms with E-state index in [2.05, 4.69) is 0 Å². The van der Waals surface area contributed by atoms with Gasteiger partial charge in [0.15, 0.2) is 6.29 Å². The second-order valence-corrected chi connectivity index (χ2v) is 5.88. The molecule has 0 N–H and O–H groups in total. The van der Waals surface area contributed by atoms with Gasteiger partial charge in [0.2, 0.25) is 0 Å². The number of hydrogen-bond donors (Lipinski definition) is 0. The van der Waals surface area contributed by atoms with Gasteiger partial charge in [0.05, 0.1) is 0 Å². The molecule has 2 atom stereocenters. The van der Waals surface area contributed by atoms with Crippen LogP contribution in [0.4, 0.5) is 0 Å². The molecule has 0 aromatic rings. The van der Waals surface area contributed by atoms with E-state index >= 15 is 0 Å². The van der Waals surface area contributed by atoms with Gasteiger partial charge in [-0.05, 0) is 37.0 Å². The molecule has 0 aromatic heterocycles. The van der Waals surface area contributed by atoms with Crippen LogP contribution >= 0.6 is 0 Å². The van der Waals surface area contributed by atoms with Crippen LogP contribution in [-0.2, 0) is 9.47 Å². The van der Waals surface area contributed by atoms with Crippen molar-refractivity contribution in [1.29, 1.82) is 0 Å². The summed E-state index contributed by atoms with van der Waals surface area (Å²) >= 11 is 0. The molecule has 0 spiro atoms. The molecular formula is C15H28O2. The molecule has 0 radical (unpaired) electrons. The van der Waals surface area contributed by atoms with Crippen molar-refractivity contribution < 1.29 is 9.47 Å². The topological polar surface area (TPSA) is 18.5 Å². The van der Waals surface area contributed by atoms with Crippen molar-refractivity contribution in [3.05, 3.63) is 0 Å². The Morgan fingerprint density at radius 3 is 2.29 bits per heavy atom. The minimum absolute atomic E-state index is 0.0137. The van der Waals surface area contributed by atoms with Crippen LogP contribution in [0.2, 0.25) is 0 Å². The first kappa shape index (κ1) is 13.4. The van der Waals surface area contributed by atoms with Gasteiger partial charge in [0, 0.05) is 14.2 Å². The van der Waals surface area contributed by atoms with E-state index < -0.39 is 0 Å². The summed E-state index contributed by atoms with van der Waals surface area (Å²) in [5.41, 5.74) is 0. The highest BCUT2D eigenvalue weighted by atomic mass is 16.7. The molecule has 17 heavy (non-hydrogen) atoms.